The molecule has 0 saturated carbocycles. The third-order valence-corrected chi connectivity index (χ3v) is 15.6. The number of aliphatic carboxylic acids is 1. The highest BCUT2D eigenvalue weighted by Crippen LogP contribution is 2.23. The smallest absolute Gasteiger partial charge is 0.412 e. The van der Waals surface area contributed by atoms with Crippen LogP contribution >= 0.6 is 0 Å². The van der Waals surface area contributed by atoms with Gasteiger partial charge in [-0.3, -0.25) is 24.0 Å². The van der Waals surface area contributed by atoms with Gasteiger partial charge in [-0.05, 0) is 114 Å². The van der Waals surface area contributed by atoms with E-state index in [4.69, 9.17) is 38.9 Å². The molecular formula is C61H103N7O17Si. The largest absolute Gasteiger partial charge is 0.480 e. The average molecular weight is 1230 g/mol. The number of alkyl carbamates (subject to hydrolysis) is 1. The second-order valence-electron chi connectivity index (χ2n) is 23.4. The normalized spacial score (nSPS) is 14.7. The second-order valence-corrected chi connectivity index (χ2v) is 29.0. The van der Waals surface area contributed by atoms with Gasteiger partial charge in [0.25, 0.3) is 5.91 Å². The van der Waals surface area contributed by atoms with Gasteiger partial charge in [0.2, 0.25) is 17.7 Å². The number of nitrogens with one attached hydrogen (secondary N) is 4. The molecule has 0 spiro atoms. The lowest BCUT2D eigenvalue weighted by Crippen LogP contribution is -2.56. The Bertz CT molecular complexity index is 2350. The van der Waals surface area contributed by atoms with Crippen molar-refractivity contribution in [1.29, 1.82) is 0 Å². The van der Waals surface area contributed by atoms with Gasteiger partial charge in [0.05, 0.1) is 39.6 Å². The molecule has 0 fully saturated rings. The predicted molar refractivity (Wildman–Crippen MR) is 329 cm³/mol. The average Bonchev–Trinajstić information content (AvgIpc) is 3.05. The summed E-state index contributed by atoms with van der Waals surface area (Å²) in [6.45, 7) is 26.9. The Labute approximate surface area is 511 Å². The minimum absolute atomic E-state index is 0.104. The van der Waals surface area contributed by atoms with E-state index in [1.165, 1.54) is 33.2 Å². The molecular weight excluding hydrogens is 1130 g/mol. The van der Waals surface area contributed by atoms with Crippen LogP contribution in [-0.2, 0) is 68.4 Å². The van der Waals surface area contributed by atoms with Crippen molar-refractivity contribution in [1.82, 2.24) is 31.1 Å². The van der Waals surface area contributed by atoms with Crippen LogP contribution in [0.3, 0.4) is 0 Å². The second kappa shape index (κ2) is 41.6. The maximum Gasteiger partial charge on any atom is 0.412 e. The molecule has 86 heavy (non-hydrogen) atoms. The summed E-state index contributed by atoms with van der Waals surface area (Å²) in [7, 11) is 1.46. The molecule has 8 atom stereocenters. The Morgan fingerprint density at radius 1 is 0.744 bits per heavy atom. The van der Waals surface area contributed by atoms with Crippen molar-refractivity contribution in [3.05, 3.63) is 53.1 Å². The number of allylic oxidation sites excluding steroid dienone is 2. The lowest BCUT2D eigenvalue weighted by Gasteiger charge is -2.33. The summed E-state index contributed by atoms with van der Waals surface area (Å²) in [5, 5.41) is 20.3. The Morgan fingerprint density at radius 3 is 1.84 bits per heavy atom. The van der Waals surface area contributed by atoms with Gasteiger partial charge in [-0.25, -0.2) is 19.2 Å². The first kappa shape index (κ1) is 77.6. The molecule has 1 aromatic rings. The third-order valence-electron chi connectivity index (χ3n) is 13.9. The van der Waals surface area contributed by atoms with Gasteiger partial charge >= 0.3 is 30.1 Å². The van der Waals surface area contributed by atoms with Crippen LogP contribution < -0.4 is 31.7 Å². The SMILES string of the molecule is C/C=C(\C)[C@@H](OC(=O)[C@@H](C)N)[C@@H](C)CC/C=C(\C)C(=O)O[C@H](CC(C)C)C(=O)N[C@@H](C)C(=O)N(C)[C@H](Cc1ccc(OC(=O)NCCCOCCOCCOCCCNC(=O)OCC[Si](C)(C)C)cc1)C(=O)N(C)CC(=O)N[C@H](C(=O)O)C(C)CC. The van der Waals surface area contributed by atoms with Gasteiger partial charge in [0.15, 0.2) is 6.10 Å². The number of hydrogen-bond donors (Lipinski definition) is 6. The van der Waals surface area contributed by atoms with Crippen LogP contribution in [0.25, 0.3) is 0 Å². The van der Waals surface area contributed by atoms with Crippen molar-refractivity contribution in [2.75, 3.05) is 80.0 Å². The fraction of sp³-hybridized carbons (Fsp3) is 0.689. The Morgan fingerprint density at radius 2 is 1.31 bits per heavy atom. The van der Waals surface area contributed by atoms with E-state index in [1.54, 1.807) is 45.9 Å². The molecule has 0 aliphatic carbocycles. The van der Waals surface area contributed by atoms with Crippen molar-refractivity contribution in [3.8, 4) is 5.75 Å². The third kappa shape index (κ3) is 32.4. The van der Waals surface area contributed by atoms with Gasteiger partial charge in [0.1, 0.15) is 36.0 Å². The molecule has 0 bridgehead atoms. The maximum atomic E-state index is 14.3. The molecule has 488 valence electrons. The standard InChI is InChI=1S/C61H103N7O17Si/c1-16-41(5)52(57(73)74)66-51(69)39-67(11)56(72)49(38-47-23-25-48(26-24-47)83-61(78)64-28-20-30-80-32-34-81-33-31-79-29-19-27-63-60(77)82-35-36-86(13,14)15)68(12)55(71)46(10)65-54(70)50(37-40(3)4)84-58(75)44(8)22-18-21-43(7)53(42(6)17-2)85-59(76)45(9)62/h17,22-26,40-41,43,45-46,49-50,52-53H,16,18-21,27-39,62H2,1-15H3,(H,63,77)(H,64,78)(H,65,70)(H,66,69)(H,73,74)/b42-17+,44-22+/t41?,43-,45+,46-,49+,50+,52-,53+/m0/s1. The summed E-state index contributed by atoms with van der Waals surface area (Å²) in [5.74, 6) is -5.81. The summed E-state index contributed by atoms with van der Waals surface area (Å²) in [4.78, 5) is 120. The molecule has 0 radical (unpaired) electrons. The van der Waals surface area contributed by atoms with Crippen LogP contribution in [0, 0.1) is 17.8 Å². The quantitative estimate of drug-likeness (QED) is 0.0107. The molecule has 1 aromatic carbocycles. The number of carbonyl (C=O) groups excluding carboxylic acids is 8. The van der Waals surface area contributed by atoms with E-state index in [0.29, 0.717) is 90.5 Å². The number of nitrogens with two attached hydrogens (primary N) is 1. The lowest BCUT2D eigenvalue weighted by atomic mass is 9.93. The topological polar surface area (TPSA) is 319 Å². The van der Waals surface area contributed by atoms with Crippen LogP contribution in [0.5, 0.6) is 5.75 Å². The van der Waals surface area contributed by atoms with Crippen molar-refractivity contribution in [2.45, 2.75) is 176 Å². The summed E-state index contributed by atoms with van der Waals surface area (Å²) < 4.78 is 38.7. The summed E-state index contributed by atoms with van der Waals surface area (Å²) in [6, 6.07) is 2.62. The molecule has 7 N–H and O–H groups in total. The van der Waals surface area contributed by atoms with Crippen molar-refractivity contribution in [3.63, 3.8) is 0 Å². The molecule has 25 heteroatoms. The monoisotopic (exact) mass is 1230 g/mol. The van der Waals surface area contributed by atoms with Crippen molar-refractivity contribution in [2.24, 2.45) is 23.5 Å². The molecule has 6 amide bonds. The fourth-order valence-electron chi connectivity index (χ4n) is 8.21. The van der Waals surface area contributed by atoms with Crippen LogP contribution in [0.4, 0.5) is 9.59 Å². The van der Waals surface area contributed by atoms with Gasteiger partial charge in [-0.15, -0.1) is 0 Å². The molecule has 1 unspecified atom stereocenters. The van der Waals surface area contributed by atoms with E-state index in [-0.39, 0.29) is 42.5 Å². The summed E-state index contributed by atoms with van der Waals surface area (Å²) >= 11 is 0. The van der Waals surface area contributed by atoms with E-state index in [1.807, 2.05) is 40.7 Å². The van der Waals surface area contributed by atoms with Gasteiger partial charge in [-0.2, -0.15) is 0 Å². The Hall–Kier alpha value is -6.41. The number of nitrogens with zero attached hydrogens (tertiary/aromatic N) is 2. The Balaban J connectivity index is 2.98. The molecule has 0 heterocycles. The van der Waals surface area contributed by atoms with Crippen LogP contribution in [-0.4, -0.2) is 193 Å². The highest BCUT2D eigenvalue weighted by Gasteiger charge is 2.35. The van der Waals surface area contributed by atoms with Gasteiger partial charge < -0.3 is 75.1 Å². The maximum absolute atomic E-state index is 14.3. The Kier molecular flexibility index (Phi) is 37.6. The number of likely N-dealkylation sites (N-methyl/N-ethyl adjacent to an activating group) is 2. The van der Waals surface area contributed by atoms with Gasteiger partial charge in [-0.1, -0.05) is 85.0 Å². The van der Waals surface area contributed by atoms with E-state index in [2.05, 4.69) is 40.9 Å². The molecule has 0 aromatic heterocycles. The number of rotatable bonds is 42. The number of benzene rings is 1. The molecule has 1 rings (SSSR count). The zero-order valence-corrected chi connectivity index (χ0v) is 54.8. The number of esters is 2. The van der Waals surface area contributed by atoms with Crippen LogP contribution in [0.2, 0.25) is 25.7 Å². The molecule has 0 saturated heterocycles. The summed E-state index contributed by atoms with van der Waals surface area (Å²) in [5.41, 5.74) is 7.37. The first-order valence-corrected chi connectivity index (χ1v) is 33.6. The summed E-state index contributed by atoms with van der Waals surface area (Å²) in [6.07, 6.45) is 3.22. The number of carbonyl (C=O) groups is 9. The van der Waals surface area contributed by atoms with E-state index < -0.39 is 111 Å². The highest BCUT2D eigenvalue weighted by molar-refractivity contribution is 6.76. The number of amides is 6. The van der Waals surface area contributed by atoms with E-state index in [0.717, 1.165) is 21.4 Å². The van der Waals surface area contributed by atoms with Crippen molar-refractivity contribution < 1.29 is 81.4 Å². The lowest BCUT2D eigenvalue weighted by molar-refractivity contribution is -0.154. The van der Waals surface area contributed by atoms with E-state index >= 15 is 0 Å². The zero-order valence-electron chi connectivity index (χ0n) is 53.8. The number of carboxylic acid groups (broad SMARTS) is 1. The minimum Gasteiger partial charge on any atom is -0.480 e. The number of ether oxygens (including phenoxy) is 7. The molecule has 0 aliphatic heterocycles. The zero-order chi connectivity index (χ0) is 65.1. The number of hydrogen-bond acceptors (Lipinski definition) is 17. The van der Waals surface area contributed by atoms with Gasteiger partial charge in [0, 0.05) is 60.5 Å². The molecule has 0 aliphatic rings. The highest BCUT2D eigenvalue weighted by atomic mass is 28.3. The molecule has 24 nitrogen and oxygen atoms in total. The van der Waals surface area contributed by atoms with E-state index in [9.17, 15) is 48.3 Å². The predicted octanol–water partition coefficient (Wildman–Crippen LogP) is 6.16. The number of carboxylic acids is 1. The van der Waals surface area contributed by atoms with Crippen LogP contribution in [0.15, 0.2) is 47.6 Å². The fourth-order valence-corrected chi connectivity index (χ4v) is 8.92. The van der Waals surface area contributed by atoms with Crippen molar-refractivity contribution >= 4 is 61.8 Å². The van der Waals surface area contributed by atoms with Crippen LogP contribution in [0.1, 0.15) is 113 Å². The minimum atomic E-state index is -1.29. The first-order valence-electron chi connectivity index (χ1n) is 29.9. The first-order chi connectivity index (χ1) is 40.4.